The maximum absolute atomic E-state index is 13.0. The summed E-state index contributed by atoms with van der Waals surface area (Å²) in [6, 6.07) is 4.50. The van der Waals surface area contributed by atoms with E-state index in [1.54, 1.807) is 12.1 Å². The number of aromatic nitrogens is 1. The molecule has 2 aromatic rings. The number of hydrogen-bond donors (Lipinski definition) is 0. The highest BCUT2D eigenvalue weighted by Crippen LogP contribution is 2.27. The highest BCUT2D eigenvalue weighted by molar-refractivity contribution is 7.13. The fraction of sp³-hybridized carbons (Fsp3) is 0.182. The topological polar surface area (TPSA) is 61.7 Å². The predicted molar refractivity (Wildman–Crippen MR) is 70.2 cm³/mol. The van der Waals surface area contributed by atoms with E-state index in [1.165, 1.54) is 17.4 Å². The number of thiazole rings is 1. The van der Waals surface area contributed by atoms with Gasteiger partial charge >= 0.3 is 0 Å². The maximum atomic E-state index is 13.0. The van der Waals surface area contributed by atoms with Gasteiger partial charge in [-0.05, 0) is 30.2 Å². The third-order valence-electron chi connectivity index (χ3n) is 2.25. The van der Waals surface area contributed by atoms with Crippen molar-refractivity contribution in [2.24, 2.45) is 5.11 Å². The van der Waals surface area contributed by atoms with Gasteiger partial charge in [0, 0.05) is 22.4 Å². The highest BCUT2D eigenvalue weighted by atomic mass is 35.5. The first-order valence-corrected chi connectivity index (χ1v) is 6.37. The first-order chi connectivity index (χ1) is 8.70. The largest absolute Gasteiger partial charge is 0.241 e. The van der Waals surface area contributed by atoms with Gasteiger partial charge in [0.1, 0.15) is 10.8 Å². The summed E-state index contributed by atoms with van der Waals surface area (Å²) in [7, 11) is 0. The van der Waals surface area contributed by atoms with E-state index in [0.29, 0.717) is 13.0 Å². The number of halogens is 2. The molecule has 7 heteroatoms. The Hall–Kier alpha value is -1.62. The highest BCUT2D eigenvalue weighted by Gasteiger charge is 2.07. The molecule has 0 atom stereocenters. The Morgan fingerprint density at radius 3 is 3.06 bits per heavy atom. The average molecular weight is 283 g/mol. The molecule has 0 radical (unpaired) electrons. The van der Waals surface area contributed by atoms with Crippen LogP contribution in [-0.2, 0) is 6.42 Å². The van der Waals surface area contributed by atoms with Crippen LogP contribution in [0.2, 0.25) is 5.02 Å². The van der Waals surface area contributed by atoms with Crippen molar-refractivity contribution in [3.63, 3.8) is 0 Å². The van der Waals surface area contributed by atoms with E-state index in [0.717, 1.165) is 16.3 Å². The first kappa shape index (κ1) is 12.8. The third-order valence-corrected chi connectivity index (χ3v) is 3.48. The molecule has 0 aliphatic rings. The Balaban J connectivity index is 2.18. The summed E-state index contributed by atoms with van der Waals surface area (Å²) in [5.41, 5.74) is 9.80. The molecule has 2 rings (SSSR count). The van der Waals surface area contributed by atoms with Gasteiger partial charge in [-0.2, -0.15) is 0 Å². The molecule has 0 saturated carbocycles. The molecule has 18 heavy (non-hydrogen) atoms. The third kappa shape index (κ3) is 2.98. The molecule has 0 saturated heterocycles. The number of nitrogens with zero attached hydrogens (tertiary/aromatic N) is 4. The van der Waals surface area contributed by atoms with Crippen molar-refractivity contribution in [1.82, 2.24) is 4.98 Å². The van der Waals surface area contributed by atoms with E-state index in [1.807, 2.05) is 5.38 Å². The number of azide groups is 1. The standard InChI is InChI=1S/C11H8ClFN4S/c12-9-5-7(1-2-10(9)13)11-16-8(6-18-11)3-4-15-17-14/h1-2,5-6H,3-4H2. The molecule has 0 N–H and O–H groups in total. The normalized spacial score (nSPS) is 10.1. The molecule has 0 spiro atoms. The van der Waals surface area contributed by atoms with Crippen LogP contribution in [-0.4, -0.2) is 11.5 Å². The zero-order valence-electron chi connectivity index (χ0n) is 9.18. The zero-order valence-corrected chi connectivity index (χ0v) is 10.7. The monoisotopic (exact) mass is 282 g/mol. The molecule has 0 fully saturated rings. The fourth-order valence-electron chi connectivity index (χ4n) is 1.39. The Labute approximate surface area is 112 Å². The summed E-state index contributed by atoms with van der Waals surface area (Å²) < 4.78 is 13.0. The van der Waals surface area contributed by atoms with Crippen molar-refractivity contribution in [1.29, 1.82) is 0 Å². The minimum Gasteiger partial charge on any atom is -0.241 e. The van der Waals surface area contributed by atoms with Gasteiger partial charge in [0.2, 0.25) is 0 Å². The fourth-order valence-corrected chi connectivity index (χ4v) is 2.42. The minimum absolute atomic E-state index is 0.0818. The second kappa shape index (κ2) is 5.82. The lowest BCUT2D eigenvalue weighted by Gasteiger charge is -1.98. The first-order valence-electron chi connectivity index (χ1n) is 5.11. The maximum Gasteiger partial charge on any atom is 0.141 e. The molecule has 1 aromatic heterocycles. The lowest BCUT2D eigenvalue weighted by molar-refractivity contribution is 0.628. The summed E-state index contributed by atoms with van der Waals surface area (Å²) in [5, 5.41) is 6.19. The molecule has 0 aliphatic heterocycles. The molecule has 0 amide bonds. The summed E-state index contributed by atoms with van der Waals surface area (Å²) >= 11 is 7.17. The molecule has 92 valence electrons. The minimum atomic E-state index is -0.444. The van der Waals surface area contributed by atoms with Crippen LogP contribution < -0.4 is 0 Å². The van der Waals surface area contributed by atoms with Gasteiger partial charge in [-0.15, -0.1) is 11.3 Å². The second-order valence-corrected chi connectivity index (χ2v) is 4.74. The summed E-state index contributed by atoms with van der Waals surface area (Å²) in [6.07, 6.45) is 0.593. The molecular formula is C11H8ClFN4S. The molecule has 4 nitrogen and oxygen atoms in total. The predicted octanol–water partition coefficient (Wildman–Crippen LogP) is 4.46. The Morgan fingerprint density at radius 2 is 2.33 bits per heavy atom. The van der Waals surface area contributed by atoms with Crippen molar-refractivity contribution in [3.05, 3.63) is 50.6 Å². The SMILES string of the molecule is [N-]=[N+]=NCCc1csc(-c2ccc(F)c(Cl)c2)n1. The van der Waals surface area contributed by atoms with E-state index in [9.17, 15) is 4.39 Å². The van der Waals surface area contributed by atoms with Gasteiger partial charge in [-0.3, -0.25) is 0 Å². The van der Waals surface area contributed by atoms with Gasteiger partial charge in [0.05, 0.1) is 10.7 Å². The van der Waals surface area contributed by atoms with Crippen molar-refractivity contribution >= 4 is 22.9 Å². The van der Waals surface area contributed by atoms with Crippen LogP contribution in [0.1, 0.15) is 5.69 Å². The molecular weight excluding hydrogens is 275 g/mol. The van der Waals surface area contributed by atoms with Crippen LogP contribution in [0.5, 0.6) is 0 Å². The quantitative estimate of drug-likeness (QED) is 0.464. The van der Waals surface area contributed by atoms with Crippen molar-refractivity contribution in [3.8, 4) is 10.6 Å². The van der Waals surface area contributed by atoms with Crippen molar-refractivity contribution < 1.29 is 4.39 Å². The Kier molecular flexibility index (Phi) is 4.15. The van der Waals surface area contributed by atoms with Crippen LogP contribution in [0.15, 0.2) is 28.7 Å². The molecule has 1 heterocycles. The molecule has 0 bridgehead atoms. The summed E-state index contributed by atoms with van der Waals surface area (Å²) in [5.74, 6) is -0.444. The number of hydrogen-bond acceptors (Lipinski definition) is 3. The number of benzene rings is 1. The lowest BCUT2D eigenvalue weighted by atomic mass is 10.2. The van der Waals surface area contributed by atoms with E-state index >= 15 is 0 Å². The smallest absolute Gasteiger partial charge is 0.141 e. The zero-order chi connectivity index (χ0) is 13.0. The van der Waals surface area contributed by atoms with Gasteiger partial charge in [-0.25, -0.2) is 9.37 Å². The Bertz CT molecular complexity index is 607. The van der Waals surface area contributed by atoms with E-state index in [-0.39, 0.29) is 5.02 Å². The van der Waals surface area contributed by atoms with Gasteiger partial charge < -0.3 is 0 Å². The van der Waals surface area contributed by atoms with Crippen LogP contribution in [0.4, 0.5) is 4.39 Å². The van der Waals surface area contributed by atoms with Crippen LogP contribution in [0.3, 0.4) is 0 Å². The van der Waals surface area contributed by atoms with Crippen LogP contribution in [0.25, 0.3) is 21.0 Å². The lowest BCUT2D eigenvalue weighted by Crippen LogP contribution is -1.88. The van der Waals surface area contributed by atoms with E-state index in [4.69, 9.17) is 17.1 Å². The van der Waals surface area contributed by atoms with Crippen molar-refractivity contribution in [2.45, 2.75) is 6.42 Å². The van der Waals surface area contributed by atoms with Gasteiger partial charge in [-0.1, -0.05) is 16.7 Å². The van der Waals surface area contributed by atoms with Crippen LogP contribution >= 0.6 is 22.9 Å². The summed E-state index contributed by atoms with van der Waals surface area (Å²) in [6.45, 7) is 0.379. The summed E-state index contributed by atoms with van der Waals surface area (Å²) in [4.78, 5) is 7.06. The van der Waals surface area contributed by atoms with Crippen LogP contribution in [0, 0.1) is 5.82 Å². The second-order valence-electron chi connectivity index (χ2n) is 3.48. The van der Waals surface area contributed by atoms with Gasteiger partial charge in [0.15, 0.2) is 0 Å². The molecule has 1 aromatic carbocycles. The molecule has 0 unspecified atom stereocenters. The van der Waals surface area contributed by atoms with E-state index in [2.05, 4.69) is 15.0 Å². The van der Waals surface area contributed by atoms with Crippen molar-refractivity contribution in [2.75, 3.05) is 6.54 Å². The van der Waals surface area contributed by atoms with Gasteiger partial charge in [0.25, 0.3) is 0 Å². The van der Waals surface area contributed by atoms with E-state index < -0.39 is 5.82 Å². The number of rotatable bonds is 4. The molecule has 0 aliphatic carbocycles. The average Bonchev–Trinajstić information content (AvgIpc) is 2.82. The Morgan fingerprint density at radius 1 is 1.50 bits per heavy atom.